The Kier molecular flexibility index (Phi) is 2.86. The van der Waals surface area contributed by atoms with Crippen LogP contribution in [0.3, 0.4) is 0 Å². The average molecular weight is 243 g/mol. The van der Waals surface area contributed by atoms with E-state index in [2.05, 4.69) is 10.3 Å². The lowest BCUT2D eigenvalue weighted by Gasteiger charge is -1.97. The van der Waals surface area contributed by atoms with Crippen LogP contribution in [0, 0.1) is 10.1 Å². The fourth-order valence-corrected chi connectivity index (χ4v) is 1.27. The zero-order chi connectivity index (χ0) is 12.4. The van der Waals surface area contributed by atoms with Crippen LogP contribution < -0.4 is 5.32 Å². The number of non-ortho nitro benzene ring substituents is 1. The molecule has 2 rings (SSSR count). The van der Waals surface area contributed by atoms with Crippen LogP contribution in [-0.4, -0.2) is 22.9 Å². The van der Waals surface area contributed by atoms with Gasteiger partial charge in [0.25, 0.3) is 18.1 Å². The summed E-state index contributed by atoms with van der Waals surface area (Å²) in [4.78, 5) is 13.7. The topological polar surface area (TPSA) is 81.2 Å². The maximum atomic E-state index is 11.9. The summed E-state index contributed by atoms with van der Waals surface area (Å²) in [6.07, 6.45) is -2.53. The second-order valence-electron chi connectivity index (χ2n) is 3.20. The molecule has 0 saturated heterocycles. The van der Waals surface area contributed by atoms with Crippen LogP contribution >= 0.6 is 0 Å². The first-order valence-electron chi connectivity index (χ1n) is 4.63. The van der Waals surface area contributed by atoms with Crippen LogP contribution in [-0.2, 0) is 0 Å². The van der Waals surface area contributed by atoms with E-state index in [0.29, 0.717) is 5.58 Å². The number of nitro benzene ring substituents is 1. The summed E-state index contributed by atoms with van der Waals surface area (Å²) in [6, 6.07) is 3.76. The van der Waals surface area contributed by atoms with Crippen molar-refractivity contribution in [2.45, 2.75) is 6.43 Å². The largest absolute Gasteiger partial charge is 0.424 e. The van der Waals surface area contributed by atoms with Crippen molar-refractivity contribution < 1.29 is 18.1 Å². The summed E-state index contributed by atoms with van der Waals surface area (Å²) in [6.45, 7) is -0.588. The fraction of sp³-hybridized carbons (Fsp3) is 0.222. The summed E-state index contributed by atoms with van der Waals surface area (Å²) >= 11 is 0. The molecule has 0 bridgehead atoms. The molecule has 0 aliphatic rings. The number of nitrogens with one attached hydrogen (secondary N) is 1. The predicted octanol–water partition coefficient (Wildman–Crippen LogP) is 2.41. The molecule has 0 spiro atoms. The third-order valence-electron chi connectivity index (χ3n) is 1.99. The summed E-state index contributed by atoms with van der Waals surface area (Å²) in [5, 5.41) is 12.8. The zero-order valence-electron chi connectivity index (χ0n) is 8.39. The van der Waals surface area contributed by atoms with Gasteiger partial charge in [0.2, 0.25) is 0 Å². The monoisotopic (exact) mass is 243 g/mol. The number of halogens is 2. The van der Waals surface area contributed by atoms with Crippen molar-refractivity contribution in [2.24, 2.45) is 0 Å². The second kappa shape index (κ2) is 4.32. The van der Waals surface area contributed by atoms with E-state index in [9.17, 15) is 18.9 Å². The maximum Gasteiger partial charge on any atom is 0.295 e. The van der Waals surface area contributed by atoms with E-state index in [4.69, 9.17) is 4.42 Å². The van der Waals surface area contributed by atoms with E-state index < -0.39 is 17.9 Å². The normalized spacial score (nSPS) is 11.0. The molecule has 1 aromatic heterocycles. The Balaban J connectivity index is 2.27. The first-order chi connectivity index (χ1) is 8.06. The number of anilines is 1. The molecule has 8 heteroatoms. The molecule has 90 valence electrons. The van der Waals surface area contributed by atoms with Crippen molar-refractivity contribution in [3.05, 3.63) is 28.3 Å². The third-order valence-corrected chi connectivity index (χ3v) is 1.99. The molecule has 0 unspecified atom stereocenters. The fourth-order valence-electron chi connectivity index (χ4n) is 1.27. The van der Waals surface area contributed by atoms with Crippen molar-refractivity contribution in [1.29, 1.82) is 0 Å². The highest BCUT2D eigenvalue weighted by Gasteiger charge is 2.12. The van der Waals surface area contributed by atoms with Gasteiger partial charge in [0.1, 0.15) is 5.52 Å². The molecule has 6 nitrogen and oxygen atoms in total. The van der Waals surface area contributed by atoms with E-state index in [1.807, 2.05) is 0 Å². The van der Waals surface area contributed by atoms with Crippen molar-refractivity contribution in [3.63, 3.8) is 0 Å². The highest BCUT2D eigenvalue weighted by atomic mass is 19.3. The number of oxazole rings is 1. The molecule has 2 aromatic rings. The quantitative estimate of drug-likeness (QED) is 0.658. The second-order valence-corrected chi connectivity index (χ2v) is 3.20. The predicted molar refractivity (Wildman–Crippen MR) is 55.2 cm³/mol. The molecule has 1 heterocycles. The number of nitrogens with zero attached hydrogens (tertiary/aromatic N) is 2. The van der Waals surface area contributed by atoms with Crippen LogP contribution in [0.1, 0.15) is 0 Å². The molecule has 1 aromatic carbocycles. The molecule has 0 amide bonds. The number of hydrogen-bond donors (Lipinski definition) is 1. The molecular formula is C9H7F2N3O3. The van der Waals surface area contributed by atoms with Crippen molar-refractivity contribution in [2.75, 3.05) is 11.9 Å². The summed E-state index contributed by atoms with van der Waals surface area (Å²) < 4.78 is 28.9. The zero-order valence-corrected chi connectivity index (χ0v) is 8.39. The van der Waals surface area contributed by atoms with E-state index in [1.165, 1.54) is 18.2 Å². The van der Waals surface area contributed by atoms with Crippen LogP contribution in [0.15, 0.2) is 22.6 Å². The summed E-state index contributed by atoms with van der Waals surface area (Å²) in [5.41, 5.74) is 0.412. The molecule has 17 heavy (non-hydrogen) atoms. The third kappa shape index (κ3) is 2.47. The highest BCUT2D eigenvalue weighted by Crippen LogP contribution is 2.23. The van der Waals surface area contributed by atoms with Gasteiger partial charge in [-0.2, -0.15) is 4.98 Å². The molecule has 0 radical (unpaired) electrons. The van der Waals surface area contributed by atoms with Crippen molar-refractivity contribution in [3.8, 4) is 0 Å². The van der Waals surface area contributed by atoms with E-state index >= 15 is 0 Å². The van der Waals surface area contributed by atoms with Gasteiger partial charge in [-0.3, -0.25) is 10.1 Å². The standard InChI is InChI=1S/C9H7F2N3O3/c10-8(11)4-12-9-13-6-3-5(14(15)16)1-2-7(6)17-9/h1-3,8H,4H2,(H,12,13). The molecule has 0 aliphatic heterocycles. The number of rotatable bonds is 4. The average Bonchev–Trinajstić information content (AvgIpc) is 2.67. The van der Waals surface area contributed by atoms with Gasteiger partial charge in [-0.15, -0.1) is 0 Å². The van der Waals surface area contributed by atoms with Crippen LogP contribution in [0.4, 0.5) is 20.5 Å². The Morgan fingerprint density at radius 3 is 2.94 bits per heavy atom. The first-order valence-corrected chi connectivity index (χ1v) is 4.63. The Hall–Kier alpha value is -2.25. The molecule has 0 fully saturated rings. The van der Waals surface area contributed by atoms with Gasteiger partial charge in [-0.05, 0) is 6.07 Å². The lowest BCUT2D eigenvalue weighted by atomic mass is 10.3. The minimum atomic E-state index is -2.53. The van der Waals surface area contributed by atoms with Crippen LogP contribution in [0.2, 0.25) is 0 Å². The Bertz CT molecular complexity index is 555. The number of nitro groups is 1. The Morgan fingerprint density at radius 2 is 2.29 bits per heavy atom. The highest BCUT2D eigenvalue weighted by molar-refractivity contribution is 5.77. The molecule has 0 saturated carbocycles. The summed E-state index contributed by atoms with van der Waals surface area (Å²) in [5.74, 6) is 0. The Morgan fingerprint density at radius 1 is 1.53 bits per heavy atom. The lowest BCUT2D eigenvalue weighted by Crippen LogP contribution is -2.10. The van der Waals surface area contributed by atoms with Gasteiger partial charge in [-0.25, -0.2) is 8.78 Å². The van der Waals surface area contributed by atoms with Gasteiger partial charge < -0.3 is 9.73 Å². The smallest absolute Gasteiger partial charge is 0.295 e. The lowest BCUT2D eigenvalue weighted by molar-refractivity contribution is -0.384. The van der Waals surface area contributed by atoms with E-state index in [-0.39, 0.29) is 17.2 Å². The minimum absolute atomic E-state index is 0.0826. The van der Waals surface area contributed by atoms with Gasteiger partial charge in [0.05, 0.1) is 11.5 Å². The first kappa shape index (κ1) is 11.2. The number of fused-ring (bicyclic) bond motifs is 1. The van der Waals surface area contributed by atoms with Crippen molar-refractivity contribution >= 4 is 22.8 Å². The number of aromatic nitrogens is 1. The van der Waals surface area contributed by atoms with E-state index in [1.54, 1.807) is 0 Å². The molecule has 0 atom stereocenters. The molecule has 0 aliphatic carbocycles. The van der Waals surface area contributed by atoms with Crippen molar-refractivity contribution in [1.82, 2.24) is 4.98 Å². The number of benzene rings is 1. The minimum Gasteiger partial charge on any atom is -0.424 e. The van der Waals surface area contributed by atoms with Gasteiger partial charge >= 0.3 is 0 Å². The number of hydrogen-bond acceptors (Lipinski definition) is 5. The van der Waals surface area contributed by atoms with Gasteiger partial charge in [-0.1, -0.05) is 0 Å². The van der Waals surface area contributed by atoms with E-state index in [0.717, 1.165) is 0 Å². The van der Waals surface area contributed by atoms with Crippen LogP contribution in [0.5, 0.6) is 0 Å². The molecular weight excluding hydrogens is 236 g/mol. The molecule has 1 N–H and O–H groups in total. The van der Waals surface area contributed by atoms with Gasteiger partial charge in [0, 0.05) is 12.1 Å². The maximum absolute atomic E-state index is 11.9. The Labute approximate surface area is 93.4 Å². The van der Waals surface area contributed by atoms with Crippen LogP contribution in [0.25, 0.3) is 11.1 Å². The van der Waals surface area contributed by atoms with Gasteiger partial charge in [0.15, 0.2) is 5.58 Å². The number of alkyl halides is 2. The SMILES string of the molecule is O=[N+]([O-])c1ccc2oc(NCC(F)F)nc2c1. The summed E-state index contributed by atoms with van der Waals surface area (Å²) in [7, 11) is 0.